The van der Waals surface area contributed by atoms with Crippen molar-refractivity contribution < 1.29 is 4.79 Å². The molecule has 3 heteroatoms. The molecule has 0 radical (unpaired) electrons. The Morgan fingerprint density at radius 3 is 2.19 bits per heavy atom. The Morgan fingerprint density at radius 2 is 1.67 bits per heavy atom. The van der Waals surface area contributed by atoms with E-state index in [0.717, 1.165) is 18.4 Å². The lowest BCUT2D eigenvalue weighted by atomic mass is 9.71. The molecular formula is C18H28N2O. The number of piperidine rings is 1. The molecule has 3 nitrogen and oxygen atoms in total. The van der Waals surface area contributed by atoms with E-state index in [1.807, 2.05) is 18.2 Å². The van der Waals surface area contributed by atoms with Gasteiger partial charge in [0.1, 0.15) is 0 Å². The topological polar surface area (TPSA) is 32.3 Å². The van der Waals surface area contributed by atoms with E-state index in [9.17, 15) is 4.79 Å². The van der Waals surface area contributed by atoms with Crippen LogP contribution in [-0.2, 0) is 0 Å². The zero-order valence-corrected chi connectivity index (χ0v) is 14.2. The Hall–Kier alpha value is -1.35. The van der Waals surface area contributed by atoms with Gasteiger partial charge in [0.15, 0.2) is 0 Å². The van der Waals surface area contributed by atoms with Gasteiger partial charge in [-0.15, -0.1) is 0 Å². The van der Waals surface area contributed by atoms with Crippen molar-refractivity contribution >= 4 is 5.91 Å². The summed E-state index contributed by atoms with van der Waals surface area (Å²) >= 11 is 0. The van der Waals surface area contributed by atoms with Gasteiger partial charge in [0, 0.05) is 23.7 Å². The van der Waals surface area contributed by atoms with Gasteiger partial charge in [-0.05, 0) is 65.1 Å². The first-order valence-electron chi connectivity index (χ1n) is 7.74. The number of carbonyl (C=O) groups is 1. The number of amides is 1. The fourth-order valence-corrected chi connectivity index (χ4v) is 3.79. The van der Waals surface area contributed by atoms with Crippen LogP contribution in [-0.4, -0.2) is 36.0 Å². The standard InChI is InChI=1S/C18H28N2O/c1-17(2)11-13(12-18(3,4)20(17)6)14-9-7-8-10-15(14)16(21)19-5/h7-10,13H,11-12H2,1-6H3,(H,19,21). The molecule has 0 unspecified atom stereocenters. The lowest BCUT2D eigenvalue weighted by molar-refractivity contribution is -0.0129. The van der Waals surface area contributed by atoms with Crippen molar-refractivity contribution in [2.45, 2.75) is 57.5 Å². The van der Waals surface area contributed by atoms with Gasteiger partial charge < -0.3 is 5.32 Å². The zero-order valence-electron chi connectivity index (χ0n) is 14.2. The molecule has 1 aromatic rings. The van der Waals surface area contributed by atoms with Crippen LogP contribution in [0.5, 0.6) is 0 Å². The van der Waals surface area contributed by atoms with Crippen LogP contribution in [0.25, 0.3) is 0 Å². The van der Waals surface area contributed by atoms with E-state index in [4.69, 9.17) is 0 Å². The molecular weight excluding hydrogens is 260 g/mol. The van der Waals surface area contributed by atoms with Crippen LogP contribution in [0.15, 0.2) is 24.3 Å². The molecule has 0 bridgehead atoms. The maximum absolute atomic E-state index is 12.1. The molecule has 21 heavy (non-hydrogen) atoms. The summed E-state index contributed by atoms with van der Waals surface area (Å²) in [7, 11) is 3.91. The van der Waals surface area contributed by atoms with Crippen LogP contribution in [0.4, 0.5) is 0 Å². The summed E-state index contributed by atoms with van der Waals surface area (Å²) < 4.78 is 0. The first-order chi connectivity index (χ1) is 9.69. The van der Waals surface area contributed by atoms with Crippen molar-refractivity contribution in [3.63, 3.8) is 0 Å². The predicted octanol–water partition coefficient (Wildman–Crippen LogP) is 3.41. The molecule has 1 fully saturated rings. The second kappa shape index (κ2) is 5.45. The number of rotatable bonds is 2. The van der Waals surface area contributed by atoms with Gasteiger partial charge in [-0.25, -0.2) is 0 Å². The smallest absolute Gasteiger partial charge is 0.251 e. The van der Waals surface area contributed by atoms with Crippen LogP contribution < -0.4 is 5.32 Å². The fourth-order valence-electron chi connectivity index (χ4n) is 3.79. The highest BCUT2D eigenvalue weighted by Gasteiger charge is 2.43. The third-order valence-corrected chi connectivity index (χ3v) is 5.18. The van der Waals surface area contributed by atoms with E-state index in [-0.39, 0.29) is 17.0 Å². The molecule has 0 saturated carbocycles. The second-order valence-electron chi connectivity index (χ2n) is 7.46. The van der Waals surface area contributed by atoms with E-state index < -0.39 is 0 Å². The minimum Gasteiger partial charge on any atom is -0.355 e. The van der Waals surface area contributed by atoms with Crippen LogP contribution in [0.2, 0.25) is 0 Å². The first-order valence-corrected chi connectivity index (χ1v) is 7.74. The number of carbonyl (C=O) groups excluding carboxylic acids is 1. The first kappa shape index (κ1) is 16.0. The van der Waals surface area contributed by atoms with Gasteiger partial charge in [0.2, 0.25) is 0 Å². The van der Waals surface area contributed by atoms with Crippen molar-refractivity contribution in [2.75, 3.05) is 14.1 Å². The SMILES string of the molecule is CNC(=O)c1ccccc1C1CC(C)(C)N(C)C(C)(C)C1. The maximum atomic E-state index is 12.1. The summed E-state index contributed by atoms with van der Waals surface area (Å²) in [6.45, 7) is 9.18. The summed E-state index contributed by atoms with van der Waals surface area (Å²) in [4.78, 5) is 14.6. The number of nitrogens with one attached hydrogen (secondary N) is 1. The van der Waals surface area contributed by atoms with E-state index in [2.05, 4.69) is 51.0 Å². The molecule has 0 aromatic heterocycles. The van der Waals surface area contributed by atoms with Crippen molar-refractivity contribution in [1.29, 1.82) is 0 Å². The van der Waals surface area contributed by atoms with E-state index >= 15 is 0 Å². The largest absolute Gasteiger partial charge is 0.355 e. The molecule has 1 aliphatic rings. The average molecular weight is 288 g/mol. The number of hydrogen-bond donors (Lipinski definition) is 1. The monoisotopic (exact) mass is 288 g/mol. The Kier molecular flexibility index (Phi) is 4.16. The Bertz CT molecular complexity index is 516. The summed E-state index contributed by atoms with van der Waals surface area (Å²) in [5, 5.41) is 2.76. The lowest BCUT2D eigenvalue weighted by Gasteiger charge is -2.54. The van der Waals surface area contributed by atoms with Crippen LogP contribution in [0, 0.1) is 0 Å². The minimum atomic E-state index is 0.0140. The molecule has 1 aromatic carbocycles. The molecule has 1 aliphatic heterocycles. The van der Waals surface area contributed by atoms with Gasteiger partial charge >= 0.3 is 0 Å². The average Bonchev–Trinajstić information content (AvgIpc) is 2.43. The van der Waals surface area contributed by atoms with E-state index in [1.165, 1.54) is 5.56 Å². The highest BCUT2D eigenvalue weighted by atomic mass is 16.1. The third-order valence-electron chi connectivity index (χ3n) is 5.18. The zero-order chi connectivity index (χ0) is 15.8. The summed E-state index contributed by atoms with van der Waals surface area (Å²) in [5.41, 5.74) is 2.26. The Balaban J connectivity index is 2.41. The van der Waals surface area contributed by atoms with Gasteiger partial charge in [-0.1, -0.05) is 18.2 Å². The molecule has 116 valence electrons. The molecule has 1 heterocycles. The normalized spacial score (nSPS) is 22.0. The Labute approximate surface area is 128 Å². The molecule has 0 spiro atoms. The number of nitrogens with zero attached hydrogens (tertiary/aromatic N) is 1. The highest BCUT2D eigenvalue weighted by molar-refractivity contribution is 5.95. The van der Waals surface area contributed by atoms with Gasteiger partial charge in [-0.2, -0.15) is 0 Å². The molecule has 1 saturated heterocycles. The van der Waals surface area contributed by atoms with Gasteiger partial charge in [0.25, 0.3) is 5.91 Å². The predicted molar refractivity (Wildman–Crippen MR) is 87.7 cm³/mol. The second-order valence-corrected chi connectivity index (χ2v) is 7.46. The van der Waals surface area contributed by atoms with Crippen molar-refractivity contribution in [2.24, 2.45) is 0 Å². The fraction of sp³-hybridized carbons (Fsp3) is 0.611. The van der Waals surface area contributed by atoms with Crippen molar-refractivity contribution in [3.8, 4) is 0 Å². The van der Waals surface area contributed by atoms with E-state index in [0.29, 0.717) is 5.92 Å². The molecule has 0 atom stereocenters. The number of benzene rings is 1. The summed E-state index contributed by atoms with van der Waals surface area (Å²) in [6.07, 6.45) is 2.14. The van der Waals surface area contributed by atoms with Gasteiger partial charge in [-0.3, -0.25) is 9.69 Å². The van der Waals surface area contributed by atoms with Crippen LogP contribution in [0.3, 0.4) is 0 Å². The third kappa shape index (κ3) is 2.98. The number of likely N-dealkylation sites (tertiary alicyclic amines) is 1. The van der Waals surface area contributed by atoms with Crippen molar-refractivity contribution in [3.05, 3.63) is 35.4 Å². The lowest BCUT2D eigenvalue weighted by Crippen LogP contribution is -2.58. The maximum Gasteiger partial charge on any atom is 0.251 e. The molecule has 0 aliphatic carbocycles. The summed E-state index contributed by atoms with van der Waals surface area (Å²) in [6, 6.07) is 8.04. The molecule has 2 rings (SSSR count). The van der Waals surface area contributed by atoms with Crippen LogP contribution in [0.1, 0.15) is 62.4 Å². The van der Waals surface area contributed by atoms with Crippen molar-refractivity contribution in [1.82, 2.24) is 10.2 Å². The summed E-state index contributed by atoms with van der Waals surface area (Å²) in [5.74, 6) is 0.430. The minimum absolute atomic E-state index is 0.0140. The highest BCUT2D eigenvalue weighted by Crippen LogP contribution is 2.45. The number of hydrogen-bond acceptors (Lipinski definition) is 2. The Morgan fingerprint density at radius 1 is 1.14 bits per heavy atom. The van der Waals surface area contributed by atoms with Crippen LogP contribution >= 0.6 is 0 Å². The van der Waals surface area contributed by atoms with Gasteiger partial charge in [0.05, 0.1) is 0 Å². The van der Waals surface area contributed by atoms with E-state index in [1.54, 1.807) is 7.05 Å². The molecule has 1 amide bonds. The molecule has 1 N–H and O–H groups in total. The quantitative estimate of drug-likeness (QED) is 0.904.